The second-order valence-electron chi connectivity index (χ2n) is 4.56. The van der Waals surface area contributed by atoms with Crippen molar-refractivity contribution in [3.63, 3.8) is 0 Å². The second kappa shape index (κ2) is 6.07. The van der Waals surface area contributed by atoms with Gasteiger partial charge in [0.05, 0.1) is 0 Å². The monoisotopic (exact) mass is 278 g/mol. The molecule has 0 radical (unpaired) electrons. The molecule has 0 aromatic heterocycles. The first-order chi connectivity index (χ1) is 9.10. The Labute approximate surface area is 118 Å². The molecule has 2 aromatic carbocycles. The highest BCUT2D eigenvalue weighted by Gasteiger charge is 2.09. The van der Waals surface area contributed by atoms with Gasteiger partial charge < -0.3 is 4.74 Å². The Morgan fingerprint density at radius 3 is 2.42 bits per heavy atom. The highest BCUT2D eigenvalue weighted by Crippen LogP contribution is 2.28. The lowest BCUT2D eigenvalue weighted by Crippen LogP contribution is -1.94. The molecule has 0 fully saturated rings. The van der Waals surface area contributed by atoms with E-state index in [-0.39, 0.29) is 11.6 Å². The van der Waals surface area contributed by atoms with Crippen molar-refractivity contribution in [3.8, 4) is 11.5 Å². The van der Waals surface area contributed by atoms with Crippen LogP contribution in [-0.4, -0.2) is 0 Å². The smallest absolute Gasteiger partial charge is 0.166 e. The van der Waals surface area contributed by atoms with Crippen molar-refractivity contribution in [1.82, 2.24) is 0 Å². The Hall–Kier alpha value is -1.54. The van der Waals surface area contributed by atoms with Crippen LogP contribution in [0.15, 0.2) is 42.5 Å². The minimum absolute atomic E-state index is 0.231. The van der Waals surface area contributed by atoms with Crippen molar-refractivity contribution in [1.29, 1.82) is 0 Å². The predicted octanol–water partition coefficient (Wildman–Crippen LogP) is 5.78. The molecule has 0 aliphatic carbocycles. The van der Waals surface area contributed by atoms with Crippen molar-refractivity contribution in [3.05, 3.63) is 58.9 Å². The van der Waals surface area contributed by atoms with E-state index < -0.39 is 0 Å². The maximum atomic E-state index is 14.0. The van der Waals surface area contributed by atoms with Gasteiger partial charge in [0.2, 0.25) is 0 Å². The lowest BCUT2D eigenvalue weighted by Gasteiger charge is -2.11. The van der Waals surface area contributed by atoms with Crippen LogP contribution in [0.5, 0.6) is 11.5 Å². The van der Waals surface area contributed by atoms with E-state index >= 15 is 0 Å². The van der Waals surface area contributed by atoms with Crippen LogP contribution in [0.25, 0.3) is 0 Å². The molecule has 2 aromatic rings. The van der Waals surface area contributed by atoms with Crippen molar-refractivity contribution in [2.45, 2.75) is 26.2 Å². The van der Waals surface area contributed by atoms with Crippen LogP contribution in [0.3, 0.4) is 0 Å². The van der Waals surface area contributed by atoms with E-state index in [0.29, 0.717) is 16.7 Å². The van der Waals surface area contributed by atoms with Gasteiger partial charge in [-0.15, -0.1) is 0 Å². The van der Waals surface area contributed by atoms with Crippen LogP contribution in [0.2, 0.25) is 5.02 Å². The largest absolute Gasteiger partial charge is 0.454 e. The third-order valence-electron chi connectivity index (χ3n) is 3.18. The van der Waals surface area contributed by atoms with Crippen LogP contribution in [0.4, 0.5) is 4.39 Å². The molecule has 1 atom stereocenters. The summed E-state index contributed by atoms with van der Waals surface area (Å²) in [5.74, 6) is 0.806. The fraction of sp³-hybridized carbons (Fsp3) is 0.250. The third-order valence-corrected chi connectivity index (χ3v) is 3.43. The minimum atomic E-state index is -0.340. The molecule has 0 spiro atoms. The van der Waals surface area contributed by atoms with Gasteiger partial charge in [-0.05, 0) is 54.3 Å². The van der Waals surface area contributed by atoms with Crippen molar-refractivity contribution >= 4 is 11.6 Å². The number of hydrogen-bond donors (Lipinski definition) is 0. The molecule has 100 valence electrons. The zero-order valence-corrected chi connectivity index (χ0v) is 11.7. The maximum absolute atomic E-state index is 14.0. The molecular formula is C16H16ClFO. The van der Waals surface area contributed by atoms with Crippen molar-refractivity contribution in [2.75, 3.05) is 0 Å². The average molecular weight is 279 g/mol. The number of benzene rings is 2. The highest BCUT2D eigenvalue weighted by molar-refractivity contribution is 6.30. The molecule has 0 heterocycles. The summed E-state index contributed by atoms with van der Waals surface area (Å²) in [7, 11) is 0. The summed E-state index contributed by atoms with van der Waals surface area (Å²) in [6, 6.07) is 12.0. The van der Waals surface area contributed by atoms with Gasteiger partial charge in [0, 0.05) is 5.02 Å². The van der Waals surface area contributed by atoms with Crippen molar-refractivity contribution < 1.29 is 9.13 Å². The molecule has 19 heavy (non-hydrogen) atoms. The van der Waals surface area contributed by atoms with Crippen LogP contribution >= 0.6 is 11.6 Å². The molecular weight excluding hydrogens is 263 g/mol. The summed E-state index contributed by atoms with van der Waals surface area (Å²) >= 11 is 5.79. The van der Waals surface area contributed by atoms with Crippen LogP contribution < -0.4 is 4.74 Å². The van der Waals surface area contributed by atoms with Gasteiger partial charge in [0.15, 0.2) is 11.6 Å². The van der Waals surface area contributed by atoms with Gasteiger partial charge in [0.1, 0.15) is 5.75 Å². The molecule has 0 bridgehead atoms. The predicted molar refractivity (Wildman–Crippen MR) is 76.6 cm³/mol. The molecule has 2 rings (SSSR count). The normalized spacial score (nSPS) is 12.2. The fourth-order valence-corrected chi connectivity index (χ4v) is 1.90. The number of hydrogen-bond acceptors (Lipinski definition) is 1. The molecule has 1 unspecified atom stereocenters. The summed E-state index contributed by atoms with van der Waals surface area (Å²) in [6.07, 6.45) is 0.983. The maximum Gasteiger partial charge on any atom is 0.166 e. The van der Waals surface area contributed by atoms with E-state index in [0.717, 1.165) is 12.0 Å². The second-order valence-corrected chi connectivity index (χ2v) is 4.99. The molecule has 0 amide bonds. The summed E-state index contributed by atoms with van der Waals surface area (Å²) in [5.41, 5.74) is 0.989. The Balaban J connectivity index is 2.19. The first-order valence-corrected chi connectivity index (χ1v) is 6.70. The fourth-order valence-electron chi connectivity index (χ4n) is 1.77. The molecule has 1 nitrogen and oxygen atoms in total. The number of rotatable bonds is 4. The molecule has 3 heteroatoms. The third kappa shape index (κ3) is 3.48. The van der Waals surface area contributed by atoms with Crippen LogP contribution in [0.1, 0.15) is 31.7 Å². The van der Waals surface area contributed by atoms with E-state index in [1.807, 2.05) is 6.07 Å². The van der Waals surface area contributed by atoms with Gasteiger partial charge in [0.25, 0.3) is 0 Å². The zero-order valence-electron chi connectivity index (χ0n) is 11.0. The lowest BCUT2D eigenvalue weighted by molar-refractivity contribution is 0.441. The van der Waals surface area contributed by atoms with Gasteiger partial charge in [-0.25, -0.2) is 4.39 Å². The quantitative estimate of drug-likeness (QED) is 0.688. The van der Waals surface area contributed by atoms with Crippen LogP contribution in [-0.2, 0) is 0 Å². The van der Waals surface area contributed by atoms with Gasteiger partial charge in [-0.3, -0.25) is 0 Å². The zero-order chi connectivity index (χ0) is 13.8. The van der Waals surface area contributed by atoms with E-state index in [1.54, 1.807) is 36.4 Å². The van der Waals surface area contributed by atoms with Gasteiger partial charge in [-0.2, -0.15) is 0 Å². The summed E-state index contributed by atoms with van der Waals surface area (Å²) < 4.78 is 19.5. The minimum Gasteiger partial charge on any atom is -0.454 e. The first kappa shape index (κ1) is 13.9. The highest BCUT2D eigenvalue weighted by atomic mass is 35.5. The Morgan fingerprint density at radius 1 is 1.16 bits per heavy atom. The topological polar surface area (TPSA) is 9.23 Å². The first-order valence-electron chi connectivity index (χ1n) is 6.33. The molecule has 0 aliphatic heterocycles. The van der Waals surface area contributed by atoms with Crippen molar-refractivity contribution in [2.24, 2.45) is 0 Å². The Bertz CT molecular complexity index is 551. The number of ether oxygens (including phenoxy) is 1. The summed E-state index contributed by atoms with van der Waals surface area (Å²) in [6.45, 7) is 4.16. The average Bonchev–Trinajstić information content (AvgIpc) is 2.42. The molecule has 0 N–H and O–H groups in total. The Kier molecular flexibility index (Phi) is 4.43. The number of halogens is 2. The van der Waals surface area contributed by atoms with Crippen LogP contribution in [0, 0.1) is 5.82 Å². The standard InChI is InChI=1S/C16H16ClFO/c1-3-11(2)12-4-9-16(15(18)10-12)19-14-7-5-13(17)6-8-14/h4-11H,3H2,1-2H3. The Morgan fingerprint density at radius 2 is 1.84 bits per heavy atom. The lowest BCUT2D eigenvalue weighted by atomic mass is 9.98. The van der Waals surface area contributed by atoms with E-state index in [1.165, 1.54) is 0 Å². The van der Waals surface area contributed by atoms with E-state index in [9.17, 15) is 4.39 Å². The van der Waals surface area contributed by atoms with Gasteiger partial charge in [-0.1, -0.05) is 31.5 Å². The summed E-state index contributed by atoms with van der Waals surface area (Å²) in [4.78, 5) is 0. The van der Waals surface area contributed by atoms with E-state index in [2.05, 4.69) is 13.8 Å². The summed E-state index contributed by atoms with van der Waals surface area (Å²) in [5, 5.41) is 0.625. The molecule has 0 aliphatic rings. The SMILES string of the molecule is CCC(C)c1ccc(Oc2ccc(Cl)cc2)c(F)c1. The molecule has 0 saturated carbocycles. The molecule has 0 saturated heterocycles. The van der Waals surface area contributed by atoms with Gasteiger partial charge >= 0.3 is 0 Å². The van der Waals surface area contributed by atoms with E-state index in [4.69, 9.17) is 16.3 Å².